The third kappa shape index (κ3) is 2.99. The quantitative estimate of drug-likeness (QED) is 0.734. The minimum atomic E-state index is 0.418. The summed E-state index contributed by atoms with van der Waals surface area (Å²) in [7, 11) is 0. The summed E-state index contributed by atoms with van der Waals surface area (Å²) in [6.45, 7) is 0. The highest BCUT2D eigenvalue weighted by molar-refractivity contribution is 9.09. The summed E-state index contributed by atoms with van der Waals surface area (Å²) in [4.78, 5) is 0. The van der Waals surface area contributed by atoms with Gasteiger partial charge in [0, 0.05) is 5.33 Å². The van der Waals surface area contributed by atoms with Gasteiger partial charge in [0.1, 0.15) is 0 Å². The SMILES string of the molecule is Clc1ccc(C=CCBr)nn1. The minimum Gasteiger partial charge on any atom is -0.150 e. The lowest BCUT2D eigenvalue weighted by atomic mass is 10.3. The Morgan fingerprint density at radius 3 is 2.82 bits per heavy atom. The largest absolute Gasteiger partial charge is 0.151 e. The second-order valence-electron chi connectivity index (χ2n) is 1.84. The van der Waals surface area contributed by atoms with Crippen molar-refractivity contribution in [1.82, 2.24) is 10.2 Å². The van der Waals surface area contributed by atoms with Crippen LogP contribution in [0.2, 0.25) is 5.15 Å². The zero-order valence-corrected chi connectivity index (χ0v) is 8.01. The molecule has 1 aromatic rings. The standard InChI is InChI=1S/C7H6BrClN2/c8-5-1-2-6-3-4-7(9)11-10-6/h1-4H,5H2. The van der Waals surface area contributed by atoms with Crippen LogP contribution < -0.4 is 0 Å². The van der Waals surface area contributed by atoms with Gasteiger partial charge in [-0.1, -0.05) is 33.6 Å². The summed E-state index contributed by atoms with van der Waals surface area (Å²) in [5.41, 5.74) is 0.814. The molecule has 0 saturated carbocycles. The van der Waals surface area contributed by atoms with Crippen molar-refractivity contribution >= 4 is 33.6 Å². The number of nitrogens with zero attached hydrogens (tertiary/aromatic N) is 2. The number of halogens is 2. The van der Waals surface area contributed by atoms with E-state index < -0.39 is 0 Å². The summed E-state index contributed by atoms with van der Waals surface area (Å²) in [6, 6.07) is 3.52. The Kier molecular flexibility index (Phi) is 3.52. The van der Waals surface area contributed by atoms with Gasteiger partial charge in [-0.15, -0.1) is 10.2 Å². The first kappa shape index (κ1) is 8.68. The smallest absolute Gasteiger partial charge is 0.150 e. The first-order valence-corrected chi connectivity index (χ1v) is 4.54. The van der Waals surface area contributed by atoms with Crippen molar-refractivity contribution in [3.63, 3.8) is 0 Å². The van der Waals surface area contributed by atoms with Crippen molar-refractivity contribution in [3.8, 4) is 0 Å². The van der Waals surface area contributed by atoms with E-state index in [4.69, 9.17) is 11.6 Å². The molecule has 0 aliphatic heterocycles. The lowest BCUT2D eigenvalue weighted by molar-refractivity contribution is 1.02. The molecule has 1 heterocycles. The van der Waals surface area contributed by atoms with Crippen molar-refractivity contribution < 1.29 is 0 Å². The Bertz CT molecular complexity index is 245. The Hall–Kier alpha value is -0.410. The van der Waals surface area contributed by atoms with Crippen LogP contribution >= 0.6 is 27.5 Å². The number of aromatic nitrogens is 2. The van der Waals surface area contributed by atoms with Crippen LogP contribution in [0.4, 0.5) is 0 Å². The molecule has 0 unspecified atom stereocenters. The van der Waals surface area contributed by atoms with Gasteiger partial charge in [-0.2, -0.15) is 0 Å². The molecule has 0 saturated heterocycles. The average molecular weight is 233 g/mol. The Morgan fingerprint density at radius 2 is 2.27 bits per heavy atom. The van der Waals surface area contributed by atoms with Crippen molar-refractivity contribution in [2.24, 2.45) is 0 Å². The van der Waals surface area contributed by atoms with Crippen molar-refractivity contribution in [2.45, 2.75) is 0 Å². The number of hydrogen-bond donors (Lipinski definition) is 0. The molecule has 0 aliphatic rings. The van der Waals surface area contributed by atoms with E-state index in [0.29, 0.717) is 5.15 Å². The van der Waals surface area contributed by atoms with Gasteiger partial charge in [0.25, 0.3) is 0 Å². The molecule has 0 bridgehead atoms. The van der Waals surface area contributed by atoms with E-state index in [1.807, 2.05) is 18.2 Å². The van der Waals surface area contributed by atoms with Crippen LogP contribution in [0.25, 0.3) is 6.08 Å². The number of allylic oxidation sites excluding steroid dienone is 1. The Balaban J connectivity index is 2.73. The summed E-state index contributed by atoms with van der Waals surface area (Å²) >= 11 is 8.80. The topological polar surface area (TPSA) is 25.8 Å². The molecule has 0 aromatic carbocycles. The number of rotatable bonds is 2. The predicted molar refractivity (Wildman–Crippen MR) is 49.9 cm³/mol. The second-order valence-corrected chi connectivity index (χ2v) is 2.87. The van der Waals surface area contributed by atoms with Crippen LogP contribution in [0.3, 0.4) is 0 Å². The molecule has 11 heavy (non-hydrogen) atoms. The Morgan fingerprint density at radius 1 is 1.45 bits per heavy atom. The minimum absolute atomic E-state index is 0.418. The fourth-order valence-corrected chi connectivity index (χ4v) is 0.868. The maximum Gasteiger partial charge on any atom is 0.151 e. The van der Waals surface area contributed by atoms with Gasteiger partial charge in [-0.05, 0) is 18.2 Å². The molecular formula is C7H6BrClN2. The van der Waals surface area contributed by atoms with Gasteiger partial charge in [0.2, 0.25) is 0 Å². The highest BCUT2D eigenvalue weighted by atomic mass is 79.9. The summed E-state index contributed by atoms with van der Waals surface area (Å²) in [5, 5.41) is 8.74. The maximum absolute atomic E-state index is 5.54. The van der Waals surface area contributed by atoms with Crippen molar-refractivity contribution in [1.29, 1.82) is 0 Å². The molecular weight excluding hydrogens is 227 g/mol. The van der Waals surface area contributed by atoms with Crippen LogP contribution in [0.5, 0.6) is 0 Å². The van der Waals surface area contributed by atoms with E-state index in [1.54, 1.807) is 6.07 Å². The van der Waals surface area contributed by atoms with Gasteiger partial charge >= 0.3 is 0 Å². The maximum atomic E-state index is 5.54. The summed E-state index contributed by atoms with van der Waals surface area (Å²) in [5.74, 6) is 0. The summed E-state index contributed by atoms with van der Waals surface area (Å²) < 4.78 is 0. The van der Waals surface area contributed by atoms with E-state index in [0.717, 1.165) is 11.0 Å². The van der Waals surface area contributed by atoms with Crippen LogP contribution in [0.15, 0.2) is 18.2 Å². The molecule has 0 amide bonds. The van der Waals surface area contributed by atoms with Crippen LogP contribution in [-0.4, -0.2) is 15.5 Å². The summed E-state index contributed by atoms with van der Waals surface area (Å²) in [6.07, 6.45) is 3.82. The van der Waals surface area contributed by atoms with E-state index in [9.17, 15) is 0 Å². The van der Waals surface area contributed by atoms with Crippen LogP contribution in [0, 0.1) is 0 Å². The average Bonchev–Trinajstić information content (AvgIpc) is 2.04. The third-order valence-corrected chi connectivity index (χ3v) is 1.61. The number of hydrogen-bond acceptors (Lipinski definition) is 2. The molecule has 0 radical (unpaired) electrons. The second kappa shape index (κ2) is 4.46. The molecule has 0 spiro atoms. The lowest BCUT2D eigenvalue weighted by Gasteiger charge is -1.89. The van der Waals surface area contributed by atoms with Crippen LogP contribution in [-0.2, 0) is 0 Å². The van der Waals surface area contributed by atoms with E-state index in [1.165, 1.54) is 0 Å². The Labute approximate surface area is 78.4 Å². The van der Waals surface area contributed by atoms with Gasteiger partial charge in [-0.3, -0.25) is 0 Å². The zero-order chi connectivity index (χ0) is 8.10. The van der Waals surface area contributed by atoms with Gasteiger partial charge < -0.3 is 0 Å². The lowest BCUT2D eigenvalue weighted by Crippen LogP contribution is -1.84. The van der Waals surface area contributed by atoms with Gasteiger partial charge in [-0.25, -0.2) is 0 Å². The highest BCUT2D eigenvalue weighted by Gasteiger charge is 1.88. The van der Waals surface area contributed by atoms with Crippen LogP contribution in [0.1, 0.15) is 5.69 Å². The van der Waals surface area contributed by atoms with E-state index in [2.05, 4.69) is 26.1 Å². The highest BCUT2D eigenvalue weighted by Crippen LogP contribution is 2.03. The molecule has 1 aromatic heterocycles. The van der Waals surface area contributed by atoms with Crippen molar-refractivity contribution in [3.05, 3.63) is 29.1 Å². The van der Waals surface area contributed by atoms with Gasteiger partial charge in [0.05, 0.1) is 5.69 Å². The molecule has 1 rings (SSSR count). The first-order chi connectivity index (χ1) is 5.33. The van der Waals surface area contributed by atoms with Crippen molar-refractivity contribution in [2.75, 3.05) is 5.33 Å². The predicted octanol–water partition coefficient (Wildman–Crippen LogP) is 2.54. The number of alkyl halides is 1. The normalized spacial score (nSPS) is 10.7. The molecule has 0 N–H and O–H groups in total. The zero-order valence-electron chi connectivity index (χ0n) is 5.67. The van der Waals surface area contributed by atoms with Gasteiger partial charge in [0.15, 0.2) is 5.15 Å². The fraction of sp³-hybridized carbons (Fsp3) is 0.143. The third-order valence-electron chi connectivity index (χ3n) is 1.03. The monoisotopic (exact) mass is 232 g/mol. The molecule has 2 nitrogen and oxygen atoms in total. The molecule has 4 heteroatoms. The first-order valence-electron chi connectivity index (χ1n) is 3.04. The van der Waals surface area contributed by atoms with E-state index >= 15 is 0 Å². The molecule has 0 fully saturated rings. The molecule has 0 aliphatic carbocycles. The van der Waals surface area contributed by atoms with E-state index in [-0.39, 0.29) is 0 Å². The fourth-order valence-electron chi connectivity index (χ4n) is 0.580. The molecule has 0 atom stereocenters. The molecule has 58 valence electrons.